The van der Waals surface area contributed by atoms with Crippen molar-refractivity contribution in [2.45, 2.75) is 25.3 Å². The number of aryl methyl sites for hydroxylation is 1. The van der Waals surface area contributed by atoms with Crippen LogP contribution < -0.4 is 5.73 Å². The van der Waals surface area contributed by atoms with E-state index in [0.717, 1.165) is 11.1 Å². The summed E-state index contributed by atoms with van der Waals surface area (Å²) < 4.78 is 31.3. The fourth-order valence-corrected chi connectivity index (χ4v) is 3.30. The van der Waals surface area contributed by atoms with Gasteiger partial charge in [-0.2, -0.15) is 4.31 Å². The van der Waals surface area contributed by atoms with E-state index in [4.69, 9.17) is 10.5 Å². The van der Waals surface area contributed by atoms with E-state index in [1.165, 1.54) is 4.31 Å². The quantitative estimate of drug-likeness (QED) is 0.815. The molecule has 0 aromatic heterocycles. The van der Waals surface area contributed by atoms with Crippen LogP contribution in [0.1, 0.15) is 18.1 Å². The number of rotatable bonds is 7. The summed E-state index contributed by atoms with van der Waals surface area (Å²) in [6.07, 6.45) is 0. The lowest BCUT2D eigenvalue weighted by molar-refractivity contribution is 0.180. The Balaban J connectivity index is 3.11. The van der Waals surface area contributed by atoms with Gasteiger partial charge >= 0.3 is 0 Å². The third kappa shape index (κ3) is 3.76. The number of ether oxygens (including phenoxy) is 1. The van der Waals surface area contributed by atoms with Crippen molar-refractivity contribution in [1.82, 2.24) is 4.31 Å². The van der Waals surface area contributed by atoms with E-state index in [1.54, 1.807) is 25.3 Å². The highest BCUT2D eigenvalue weighted by molar-refractivity contribution is 7.89. The van der Waals surface area contributed by atoms with Crippen molar-refractivity contribution in [3.8, 4) is 0 Å². The maximum atomic E-state index is 12.5. The second kappa shape index (κ2) is 7.00. The summed E-state index contributed by atoms with van der Waals surface area (Å²) in [7, 11) is -1.92. The lowest BCUT2D eigenvalue weighted by atomic mass is 10.1. The molecule has 0 spiro atoms. The molecule has 0 heterocycles. The number of nitrogens with zero attached hydrogens (tertiary/aromatic N) is 1. The average Bonchev–Trinajstić information content (AvgIpc) is 2.39. The van der Waals surface area contributed by atoms with Gasteiger partial charge in [-0.05, 0) is 30.2 Å². The number of nitrogens with two attached hydrogens (primary N) is 1. The average molecular weight is 286 g/mol. The number of hydrogen-bond acceptors (Lipinski definition) is 4. The first-order valence-corrected chi connectivity index (χ1v) is 7.70. The number of methoxy groups -OCH3 is 1. The van der Waals surface area contributed by atoms with Crippen LogP contribution in [0.4, 0.5) is 0 Å². The Morgan fingerprint density at radius 2 is 2.05 bits per heavy atom. The van der Waals surface area contributed by atoms with Gasteiger partial charge in [-0.15, -0.1) is 0 Å². The van der Waals surface area contributed by atoms with Crippen molar-refractivity contribution in [1.29, 1.82) is 0 Å². The molecule has 108 valence electrons. The molecule has 1 rings (SSSR count). The SMILES string of the molecule is CCN(CCOC)S(=O)(=O)c1ccc(C)c(CN)c1. The van der Waals surface area contributed by atoms with E-state index in [-0.39, 0.29) is 4.90 Å². The second-order valence-electron chi connectivity index (χ2n) is 4.28. The molecular formula is C13H22N2O3S. The summed E-state index contributed by atoms with van der Waals surface area (Å²) in [4.78, 5) is 0.288. The Bertz CT molecular complexity index is 515. The molecule has 0 radical (unpaired) electrons. The molecule has 0 unspecified atom stereocenters. The molecule has 0 saturated carbocycles. The normalized spacial score (nSPS) is 12.1. The van der Waals surface area contributed by atoms with Crippen LogP contribution in [0.3, 0.4) is 0 Å². The minimum absolute atomic E-state index is 0.288. The largest absolute Gasteiger partial charge is 0.383 e. The molecular weight excluding hydrogens is 264 g/mol. The van der Waals surface area contributed by atoms with Crippen LogP contribution in [-0.2, 0) is 21.3 Å². The molecule has 1 aromatic rings. The molecule has 0 bridgehead atoms. The molecule has 0 aliphatic carbocycles. The zero-order valence-electron chi connectivity index (χ0n) is 11.7. The fourth-order valence-electron chi connectivity index (χ4n) is 1.82. The highest BCUT2D eigenvalue weighted by atomic mass is 32.2. The smallest absolute Gasteiger partial charge is 0.243 e. The van der Waals surface area contributed by atoms with Gasteiger partial charge in [0.15, 0.2) is 0 Å². The summed E-state index contributed by atoms with van der Waals surface area (Å²) in [5.41, 5.74) is 7.48. The molecule has 19 heavy (non-hydrogen) atoms. The van der Waals surface area contributed by atoms with E-state index < -0.39 is 10.0 Å². The Kier molecular flexibility index (Phi) is 5.93. The van der Waals surface area contributed by atoms with Gasteiger partial charge in [0, 0.05) is 26.7 Å². The topological polar surface area (TPSA) is 72.6 Å². The van der Waals surface area contributed by atoms with Gasteiger partial charge < -0.3 is 10.5 Å². The van der Waals surface area contributed by atoms with Crippen LogP contribution in [0, 0.1) is 6.92 Å². The van der Waals surface area contributed by atoms with E-state index >= 15 is 0 Å². The minimum atomic E-state index is -3.47. The van der Waals surface area contributed by atoms with Gasteiger partial charge in [-0.1, -0.05) is 13.0 Å². The zero-order chi connectivity index (χ0) is 14.5. The lowest BCUT2D eigenvalue weighted by Crippen LogP contribution is -2.33. The standard InChI is InChI=1S/C13H22N2O3S/c1-4-15(7-8-18-3)19(16,17)13-6-5-11(2)12(9-13)10-14/h5-6,9H,4,7-8,10,14H2,1-3H3. The van der Waals surface area contributed by atoms with Crippen molar-refractivity contribution >= 4 is 10.0 Å². The Hall–Kier alpha value is -0.950. The van der Waals surface area contributed by atoms with Gasteiger partial charge in [-0.25, -0.2) is 8.42 Å². The Morgan fingerprint density at radius 3 is 2.58 bits per heavy atom. The maximum absolute atomic E-state index is 12.5. The van der Waals surface area contributed by atoms with Crippen molar-refractivity contribution in [3.05, 3.63) is 29.3 Å². The molecule has 1 aromatic carbocycles. The van der Waals surface area contributed by atoms with Gasteiger partial charge in [0.2, 0.25) is 10.0 Å². The summed E-state index contributed by atoms with van der Waals surface area (Å²) in [6.45, 7) is 5.20. The van der Waals surface area contributed by atoms with Crippen molar-refractivity contribution in [2.24, 2.45) is 5.73 Å². The molecule has 0 aliphatic heterocycles. The van der Waals surface area contributed by atoms with Crippen LogP contribution in [0.2, 0.25) is 0 Å². The summed E-state index contributed by atoms with van der Waals surface area (Å²) in [5.74, 6) is 0. The minimum Gasteiger partial charge on any atom is -0.383 e. The van der Waals surface area contributed by atoms with E-state index in [9.17, 15) is 8.42 Å². The van der Waals surface area contributed by atoms with Gasteiger partial charge in [-0.3, -0.25) is 0 Å². The van der Waals surface area contributed by atoms with Crippen LogP contribution in [0.5, 0.6) is 0 Å². The Morgan fingerprint density at radius 1 is 1.37 bits per heavy atom. The number of benzene rings is 1. The molecule has 0 atom stereocenters. The number of hydrogen-bond donors (Lipinski definition) is 1. The fraction of sp³-hybridized carbons (Fsp3) is 0.538. The first-order valence-electron chi connectivity index (χ1n) is 6.26. The number of sulfonamides is 1. The van der Waals surface area contributed by atoms with E-state index in [2.05, 4.69) is 0 Å². The van der Waals surface area contributed by atoms with Gasteiger partial charge in [0.25, 0.3) is 0 Å². The highest BCUT2D eigenvalue weighted by Gasteiger charge is 2.23. The van der Waals surface area contributed by atoms with Gasteiger partial charge in [0.05, 0.1) is 11.5 Å². The number of likely N-dealkylation sites (N-methyl/N-ethyl adjacent to an activating group) is 1. The molecule has 2 N–H and O–H groups in total. The maximum Gasteiger partial charge on any atom is 0.243 e. The first-order chi connectivity index (χ1) is 8.97. The summed E-state index contributed by atoms with van der Waals surface area (Å²) in [5, 5.41) is 0. The lowest BCUT2D eigenvalue weighted by Gasteiger charge is -2.20. The van der Waals surface area contributed by atoms with Crippen LogP contribution in [0.25, 0.3) is 0 Å². The third-order valence-electron chi connectivity index (χ3n) is 3.08. The van der Waals surface area contributed by atoms with Crippen molar-refractivity contribution in [2.75, 3.05) is 26.8 Å². The zero-order valence-corrected chi connectivity index (χ0v) is 12.5. The van der Waals surface area contributed by atoms with Crippen LogP contribution in [-0.4, -0.2) is 39.5 Å². The summed E-state index contributed by atoms with van der Waals surface area (Å²) in [6, 6.07) is 5.07. The molecule has 5 nitrogen and oxygen atoms in total. The molecule has 0 saturated heterocycles. The van der Waals surface area contributed by atoms with Crippen molar-refractivity contribution in [3.63, 3.8) is 0 Å². The van der Waals surface area contributed by atoms with Crippen LogP contribution >= 0.6 is 0 Å². The molecule has 6 heteroatoms. The summed E-state index contributed by atoms with van der Waals surface area (Å²) >= 11 is 0. The van der Waals surface area contributed by atoms with E-state index in [1.807, 2.05) is 13.8 Å². The predicted octanol–water partition coefficient (Wildman–Crippen LogP) is 1.11. The first kappa shape index (κ1) is 16.1. The monoisotopic (exact) mass is 286 g/mol. The molecule has 0 fully saturated rings. The van der Waals surface area contributed by atoms with E-state index in [0.29, 0.717) is 26.2 Å². The third-order valence-corrected chi connectivity index (χ3v) is 5.05. The van der Waals surface area contributed by atoms with Crippen molar-refractivity contribution < 1.29 is 13.2 Å². The molecule has 0 amide bonds. The predicted molar refractivity (Wildman–Crippen MR) is 75.4 cm³/mol. The Labute approximate surface area is 115 Å². The molecule has 0 aliphatic rings. The van der Waals surface area contributed by atoms with Crippen LogP contribution in [0.15, 0.2) is 23.1 Å². The van der Waals surface area contributed by atoms with Gasteiger partial charge in [0.1, 0.15) is 0 Å². The second-order valence-corrected chi connectivity index (χ2v) is 6.22. The highest BCUT2D eigenvalue weighted by Crippen LogP contribution is 2.19.